The Hall–Kier alpha value is -1.83. The number of fused-ring (bicyclic) bond motifs is 1. The summed E-state index contributed by atoms with van der Waals surface area (Å²) in [5, 5.41) is 9.57. The van der Waals surface area contributed by atoms with Crippen LogP contribution in [0.25, 0.3) is 0 Å². The second-order valence-corrected chi connectivity index (χ2v) is 4.68. The lowest BCUT2D eigenvalue weighted by atomic mass is 9.95. The minimum atomic E-state index is 0.369. The highest BCUT2D eigenvalue weighted by atomic mass is 16.3. The summed E-state index contributed by atoms with van der Waals surface area (Å²) < 4.78 is 0. The first-order valence-electron chi connectivity index (χ1n) is 5.99. The molecule has 0 spiro atoms. The summed E-state index contributed by atoms with van der Waals surface area (Å²) in [5.74, 6) is 0.762. The second-order valence-electron chi connectivity index (χ2n) is 4.68. The summed E-state index contributed by atoms with van der Waals surface area (Å²) in [6.07, 6.45) is 4.09. The van der Waals surface area contributed by atoms with Gasteiger partial charge in [-0.2, -0.15) is 0 Å². The van der Waals surface area contributed by atoms with Gasteiger partial charge in [0.15, 0.2) is 0 Å². The van der Waals surface area contributed by atoms with Crippen LogP contribution in [0.5, 0.6) is 5.75 Å². The Morgan fingerprint density at radius 1 is 1.29 bits per heavy atom. The SMILES string of the molecule is Cc1cc(C2CCc3cccnc32)ccc1O. The Kier molecular flexibility index (Phi) is 2.36. The summed E-state index contributed by atoms with van der Waals surface area (Å²) in [6, 6.07) is 10.0. The maximum Gasteiger partial charge on any atom is 0.118 e. The number of benzene rings is 1. The molecular formula is C15H15NO. The minimum absolute atomic E-state index is 0.369. The Morgan fingerprint density at radius 2 is 2.18 bits per heavy atom. The largest absolute Gasteiger partial charge is 0.508 e. The predicted molar refractivity (Wildman–Crippen MR) is 67.2 cm³/mol. The molecule has 0 saturated heterocycles. The number of phenols is 1. The number of rotatable bonds is 1. The van der Waals surface area contributed by atoms with Crippen LogP contribution in [-0.4, -0.2) is 10.1 Å². The van der Waals surface area contributed by atoms with Crippen molar-refractivity contribution in [2.45, 2.75) is 25.7 Å². The lowest BCUT2D eigenvalue weighted by molar-refractivity contribution is 0.470. The molecule has 1 N–H and O–H groups in total. The lowest BCUT2D eigenvalue weighted by Crippen LogP contribution is -1.98. The van der Waals surface area contributed by atoms with Gasteiger partial charge in [-0.3, -0.25) is 4.98 Å². The maximum absolute atomic E-state index is 9.57. The molecule has 1 unspecified atom stereocenters. The van der Waals surface area contributed by atoms with E-state index in [9.17, 15) is 5.11 Å². The van der Waals surface area contributed by atoms with E-state index in [-0.39, 0.29) is 0 Å². The number of aromatic hydroxyl groups is 1. The van der Waals surface area contributed by atoms with E-state index in [4.69, 9.17) is 0 Å². The van der Waals surface area contributed by atoms with Crippen molar-refractivity contribution >= 4 is 0 Å². The van der Waals surface area contributed by atoms with Gasteiger partial charge in [-0.1, -0.05) is 18.2 Å². The van der Waals surface area contributed by atoms with Gasteiger partial charge in [-0.25, -0.2) is 0 Å². The summed E-state index contributed by atoms with van der Waals surface area (Å²) in [4.78, 5) is 4.51. The Morgan fingerprint density at radius 3 is 3.00 bits per heavy atom. The van der Waals surface area contributed by atoms with E-state index < -0.39 is 0 Å². The smallest absolute Gasteiger partial charge is 0.118 e. The molecule has 0 radical (unpaired) electrons. The number of aromatic nitrogens is 1. The van der Waals surface area contributed by atoms with Crippen LogP contribution in [0, 0.1) is 6.92 Å². The predicted octanol–water partition coefficient (Wildman–Crippen LogP) is 3.17. The fourth-order valence-electron chi connectivity index (χ4n) is 2.63. The molecule has 1 heterocycles. The molecule has 2 aromatic rings. The van der Waals surface area contributed by atoms with Crippen molar-refractivity contribution in [2.75, 3.05) is 0 Å². The normalized spacial score (nSPS) is 18.1. The molecule has 0 saturated carbocycles. The van der Waals surface area contributed by atoms with Gasteiger partial charge in [0.25, 0.3) is 0 Å². The van der Waals surface area contributed by atoms with E-state index in [1.807, 2.05) is 25.3 Å². The molecule has 0 amide bonds. The first-order valence-corrected chi connectivity index (χ1v) is 5.99. The average Bonchev–Trinajstić information content (AvgIpc) is 2.76. The summed E-state index contributed by atoms with van der Waals surface area (Å²) >= 11 is 0. The topological polar surface area (TPSA) is 33.1 Å². The molecular weight excluding hydrogens is 210 g/mol. The van der Waals surface area contributed by atoms with Gasteiger partial charge in [-0.15, -0.1) is 0 Å². The summed E-state index contributed by atoms with van der Waals surface area (Å²) in [6.45, 7) is 1.94. The van der Waals surface area contributed by atoms with Crippen LogP contribution in [0.4, 0.5) is 0 Å². The molecule has 0 aliphatic heterocycles. The number of nitrogens with zero attached hydrogens (tertiary/aromatic N) is 1. The lowest BCUT2D eigenvalue weighted by Gasteiger charge is -2.12. The summed E-state index contributed by atoms with van der Waals surface area (Å²) in [5.41, 5.74) is 4.77. The molecule has 1 aromatic heterocycles. The Labute approximate surface area is 101 Å². The van der Waals surface area contributed by atoms with Crippen LogP contribution in [0.3, 0.4) is 0 Å². The molecule has 1 aliphatic rings. The molecule has 86 valence electrons. The van der Waals surface area contributed by atoms with Crippen molar-refractivity contribution in [1.82, 2.24) is 4.98 Å². The number of hydrogen-bond acceptors (Lipinski definition) is 2. The van der Waals surface area contributed by atoms with Gasteiger partial charge in [0.05, 0.1) is 5.69 Å². The van der Waals surface area contributed by atoms with E-state index in [0.717, 1.165) is 18.4 Å². The summed E-state index contributed by atoms with van der Waals surface area (Å²) in [7, 11) is 0. The van der Waals surface area contributed by atoms with Crippen LogP contribution in [0.1, 0.15) is 34.7 Å². The monoisotopic (exact) mass is 225 g/mol. The van der Waals surface area contributed by atoms with Gasteiger partial charge in [0, 0.05) is 12.1 Å². The van der Waals surface area contributed by atoms with E-state index in [0.29, 0.717) is 11.7 Å². The molecule has 0 fully saturated rings. The van der Waals surface area contributed by atoms with Crippen molar-refractivity contribution in [3.05, 3.63) is 58.9 Å². The molecule has 0 bridgehead atoms. The second kappa shape index (κ2) is 3.88. The Bertz CT molecular complexity index is 563. The van der Waals surface area contributed by atoms with Gasteiger partial charge >= 0.3 is 0 Å². The van der Waals surface area contributed by atoms with Crippen molar-refractivity contribution in [1.29, 1.82) is 0 Å². The highest BCUT2D eigenvalue weighted by molar-refractivity contribution is 5.42. The number of aryl methyl sites for hydroxylation is 2. The van der Waals surface area contributed by atoms with Crippen molar-refractivity contribution < 1.29 is 5.11 Å². The van der Waals surface area contributed by atoms with Crippen molar-refractivity contribution in [2.24, 2.45) is 0 Å². The first kappa shape index (κ1) is 10.3. The highest BCUT2D eigenvalue weighted by Crippen LogP contribution is 2.37. The fourth-order valence-corrected chi connectivity index (χ4v) is 2.63. The molecule has 2 nitrogen and oxygen atoms in total. The van der Waals surface area contributed by atoms with E-state index in [2.05, 4.69) is 17.1 Å². The van der Waals surface area contributed by atoms with Crippen LogP contribution < -0.4 is 0 Å². The van der Waals surface area contributed by atoms with Gasteiger partial charge < -0.3 is 5.11 Å². The number of phenolic OH excluding ortho intramolecular Hbond substituents is 1. The van der Waals surface area contributed by atoms with E-state index in [1.165, 1.54) is 16.8 Å². The van der Waals surface area contributed by atoms with E-state index in [1.54, 1.807) is 6.07 Å². The molecule has 1 atom stereocenters. The first-order chi connectivity index (χ1) is 8.25. The van der Waals surface area contributed by atoms with Gasteiger partial charge in [0.2, 0.25) is 0 Å². The quantitative estimate of drug-likeness (QED) is 0.808. The average molecular weight is 225 g/mol. The van der Waals surface area contributed by atoms with Crippen molar-refractivity contribution in [3.8, 4) is 5.75 Å². The van der Waals surface area contributed by atoms with Crippen LogP contribution in [0.2, 0.25) is 0 Å². The van der Waals surface area contributed by atoms with Crippen LogP contribution >= 0.6 is 0 Å². The molecule has 2 heteroatoms. The fraction of sp³-hybridized carbons (Fsp3) is 0.267. The molecule has 1 aliphatic carbocycles. The molecule has 3 rings (SSSR count). The van der Waals surface area contributed by atoms with E-state index >= 15 is 0 Å². The standard InChI is InChI=1S/C15H15NO/c1-10-9-12(5-7-14(10)17)13-6-4-11-3-2-8-16-15(11)13/h2-3,5,7-9,13,17H,4,6H2,1H3. The maximum atomic E-state index is 9.57. The van der Waals surface area contributed by atoms with Crippen LogP contribution in [0.15, 0.2) is 36.5 Å². The zero-order chi connectivity index (χ0) is 11.8. The minimum Gasteiger partial charge on any atom is -0.508 e. The number of pyridine rings is 1. The zero-order valence-corrected chi connectivity index (χ0v) is 9.85. The number of hydrogen-bond donors (Lipinski definition) is 1. The third-order valence-corrected chi connectivity index (χ3v) is 3.58. The zero-order valence-electron chi connectivity index (χ0n) is 9.85. The van der Waals surface area contributed by atoms with Crippen molar-refractivity contribution in [3.63, 3.8) is 0 Å². The van der Waals surface area contributed by atoms with Crippen LogP contribution in [-0.2, 0) is 6.42 Å². The molecule has 1 aromatic carbocycles. The van der Waals surface area contributed by atoms with Gasteiger partial charge in [0.1, 0.15) is 5.75 Å². The third kappa shape index (κ3) is 1.70. The Balaban J connectivity index is 2.04. The highest BCUT2D eigenvalue weighted by Gasteiger charge is 2.25. The third-order valence-electron chi connectivity index (χ3n) is 3.58. The molecule has 17 heavy (non-hydrogen) atoms. The van der Waals surface area contributed by atoms with Gasteiger partial charge in [-0.05, 0) is 48.6 Å².